The maximum Gasteiger partial charge on any atom is 0.216 e. The molecule has 6 rings (SSSR count). The number of hydrogen-bond donors (Lipinski definition) is 0. The summed E-state index contributed by atoms with van der Waals surface area (Å²) in [6, 6.07) is 45.0. The number of halogens is 2. The molecule has 0 atom stereocenters. The summed E-state index contributed by atoms with van der Waals surface area (Å²) in [4.78, 5) is 0. The molecule has 0 aliphatic rings. The summed E-state index contributed by atoms with van der Waals surface area (Å²) in [5.41, 5.74) is 4.41. The Kier molecular flexibility index (Phi) is 11.6. The van der Waals surface area contributed by atoms with Gasteiger partial charge in [-0.15, -0.1) is 0 Å². The van der Waals surface area contributed by atoms with Crippen molar-refractivity contribution in [3.05, 3.63) is 202 Å². The highest BCUT2D eigenvalue weighted by molar-refractivity contribution is 5.77. The number of benzene rings is 6. The minimum Gasteiger partial charge on any atom is -0.618 e. The third kappa shape index (κ3) is 10.4. The number of ether oxygens (including phenoxy) is 2. The minimum atomic E-state index is -0.368. The second-order valence-corrected chi connectivity index (χ2v) is 10.5. The zero-order valence-corrected chi connectivity index (χ0v) is 25.9. The van der Waals surface area contributed by atoms with Crippen molar-refractivity contribution in [3.8, 4) is 11.5 Å². The lowest BCUT2D eigenvalue weighted by Gasteiger charge is -2.06. The largest absolute Gasteiger partial charge is 0.618 e. The van der Waals surface area contributed by atoms with Crippen LogP contribution in [0.4, 0.5) is 20.2 Å². The van der Waals surface area contributed by atoms with Crippen LogP contribution in [0.3, 0.4) is 0 Å². The SMILES string of the molecule is [O-][N+](=Cc1ccc(OCc2ccccc2)cc1)c1ccc(F)cc1.[O-][N+](=Cc1ccc(OCc2ccccc2)cc1)c1ccc(F)cc1. The topological polar surface area (TPSA) is 70.6 Å². The van der Waals surface area contributed by atoms with Crippen molar-refractivity contribution in [2.45, 2.75) is 13.2 Å². The molecule has 0 saturated carbocycles. The summed E-state index contributed by atoms with van der Waals surface area (Å²) in [6.45, 7) is 0.986. The molecule has 0 N–H and O–H groups in total. The van der Waals surface area contributed by atoms with Crippen LogP contribution >= 0.6 is 0 Å². The molecule has 0 saturated heterocycles. The third-order valence-corrected chi connectivity index (χ3v) is 6.95. The lowest BCUT2D eigenvalue weighted by molar-refractivity contribution is -0.354. The van der Waals surface area contributed by atoms with E-state index in [1.165, 1.54) is 61.0 Å². The van der Waals surface area contributed by atoms with Crippen molar-refractivity contribution in [1.82, 2.24) is 0 Å². The summed E-state index contributed by atoms with van der Waals surface area (Å²) >= 11 is 0. The van der Waals surface area contributed by atoms with E-state index in [9.17, 15) is 19.2 Å². The number of nitrogens with zero attached hydrogens (tertiary/aromatic N) is 2. The highest BCUT2D eigenvalue weighted by Gasteiger charge is 2.05. The average molecular weight is 643 g/mol. The maximum atomic E-state index is 12.9. The summed E-state index contributed by atoms with van der Waals surface area (Å²) in [5, 5.41) is 24.1. The molecule has 8 heteroatoms. The Morgan fingerprint density at radius 3 is 1.10 bits per heavy atom. The Bertz CT molecular complexity index is 1770. The van der Waals surface area contributed by atoms with Gasteiger partial charge in [0.2, 0.25) is 11.4 Å². The molecular formula is C40H32F2N2O4. The molecule has 0 aliphatic carbocycles. The van der Waals surface area contributed by atoms with Gasteiger partial charge in [0.1, 0.15) is 36.3 Å². The van der Waals surface area contributed by atoms with E-state index in [2.05, 4.69) is 0 Å². The van der Waals surface area contributed by atoms with Crippen LogP contribution < -0.4 is 9.47 Å². The molecule has 6 aromatic rings. The quantitative estimate of drug-likeness (QED) is 0.0646. The summed E-state index contributed by atoms with van der Waals surface area (Å²) in [7, 11) is 0. The van der Waals surface area contributed by atoms with Gasteiger partial charge in [-0.05, 0) is 83.9 Å². The second-order valence-electron chi connectivity index (χ2n) is 10.5. The first-order chi connectivity index (χ1) is 23.4. The molecule has 0 aliphatic heterocycles. The molecular weight excluding hydrogens is 610 g/mol. The molecule has 0 unspecified atom stereocenters. The van der Waals surface area contributed by atoms with Gasteiger partial charge in [0.05, 0.1) is 0 Å². The monoisotopic (exact) mass is 642 g/mol. The van der Waals surface area contributed by atoms with Gasteiger partial charge in [-0.1, -0.05) is 60.7 Å². The zero-order chi connectivity index (χ0) is 33.6. The highest BCUT2D eigenvalue weighted by Crippen LogP contribution is 2.17. The van der Waals surface area contributed by atoms with E-state index in [0.29, 0.717) is 34.1 Å². The lowest BCUT2D eigenvalue weighted by Crippen LogP contribution is -1.99. The molecule has 0 spiro atoms. The maximum absolute atomic E-state index is 12.9. The van der Waals surface area contributed by atoms with Gasteiger partial charge in [-0.3, -0.25) is 0 Å². The van der Waals surface area contributed by atoms with Crippen molar-refractivity contribution >= 4 is 23.8 Å². The molecule has 48 heavy (non-hydrogen) atoms. The van der Waals surface area contributed by atoms with Crippen molar-refractivity contribution < 1.29 is 27.7 Å². The van der Waals surface area contributed by atoms with Gasteiger partial charge in [0, 0.05) is 35.4 Å². The molecule has 6 aromatic carbocycles. The molecule has 0 amide bonds. The van der Waals surface area contributed by atoms with E-state index in [0.717, 1.165) is 33.8 Å². The van der Waals surface area contributed by atoms with E-state index < -0.39 is 0 Å². The Morgan fingerprint density at radius 1 is 0.438 bits per heavy atom. The zero-order valence-electron chi connectivity index (χ0n) is 25.9. The molecule has 0 radical (unpaired) electrons. The summed E-state index contributed by atoms with van der Waals surface area (Å²) in [6.07, 6.45) is 2.88. The van der Waals surface area contributed by atoms with E-state index in [1.54, 1.807) is 24.3 Å². The van der Waals surface area contributed by atoms with Gasteiger partial charge in [0.15, 0.2) is 12.4 Å². The minimum absolute atomic E-state index is 0.368. The van der Waals surface area contributed by atoms with Gasteiger partial charge < -0.3 is 19.9 Å². The first kappa shape index (κ1) is 33.1. The van der Waals surface area contributed by atoms with Crippen LogP contribution in [0.5, 0.6) is 11.5 Å². The van der Waals surface area contributed by atoms with Crippen molar-refractivity contribution in [2.24, 2.45) is 0 Å². The Morgan fingerprint density at radius 2 is 0.771 bits per heavy atom. The van der Waals surface area contributed by atoms with Crippen molar-refractivity contribution in [1.29, 1.82) is 0 Å². The highest BCUT2D eigenvalue weighted by atomic mass is 19.1. The molecule has 0 fully saturated rings. The Balaban J connectivity index is 0.000000188. The van der Waals surface area contributed by atoms with Crippen LogP contribution in [-0.4, -0.2) is 21.9 Å². The van der Waals surface area contributed by atoms with Crippen LogP contribution in [0.1, 0.15) is 22.3 Å². The number of rotatable bonds is 10. The van der Waals surface area contributed by atoms with E-state index in [4.69, 9.17) is 9.47 Å². The fourth-order valence-electron chi connectivity index (χ4n) is 4.38. The van der Waals surface area contributed by atoms with Crippen LogP contribution in [0.25, 0.3) is 0 Å². The average Bonchev–Trinajstić information content (AvgIpc) is 3.13. The van der Waals surface area contributed by atoms with Crippen molar-refractivity contribution in [3.63, 3.8) is 0 Å². The number of hydrogen-bond acceptors (Lipinski definition) is 4. The van der Waals surface area contributed by atoms with Crippen LogP contribution in [0, 0.1) is 22.0 Å². The molecule has 0 heterocycles. The van der Waals surface area contributed by atoms with Gasteiger partial charge in [-0.2, -0.15) is 9.48 Å². The van der Waals surface area contributed by atoms with Gasteiger partial charge in [0.25, 0.3) is 0 Å². The summed E-state index contributed by atoms with van der Waals surface area (Å²) < 4.78 is 38.6. The van der Waals surface area contributed by atoms with Gasteiger partial charge in [-0.25, -0.2) is 8.78 Å². The van der Waals surface area contributed by atoms with Gasteiger partial charge >= 0.3 is 0 Å². The molecule has 0 aromatic heterocycles. The van der Waals surface area contributed by atoms with Crippen LogP contribution in [0.2, 0.25) is 0 Å². The Labute approximate surface area is 277 Å². The van der Waals surface area contributed by atoms with Crippen molar-refractivity contribution in [2.75, 3.05) is 0 Å². The third-order valence-electron chi connectivity index (χ3n) is 6.95. The van der Waals surface area contributed by atoms with Crippen LogP contribution in [-0.2, 0) is 13.2 Å². The second kappa shape index (κ2) is 16.9. The normalized spacial score (nSPS) is 11.3. The van der Waals surface area contributed by atoms with E-state index in [1.807, 2.05) is 84.9 Å². The van der Waals surface area contributed by atoms with Crippen LogP contribution in [0.15, 0.2) is 158 Å². The Hall–Kier alpha value is -6.28. The standard InChI is InChI=1S/2C20H16FNO2/c2*21-18-8-10-19(11-9-18)22(23)14-16-6-12-20(13-7-16)24-15-17-4-2-1-3-5-17/h2*1-14H,15H2. The predicted octanol–water partition coefficient (Wildman–Crippen LogP) is 9.33. The predicted molar refractivity (Wildman–Crippen MR) is 184 cm³/mol. The molecule has 0 bridgehead atoms. The van der Waals surface area contributed by atoms with E-state index in [-0.39, 0.29) is 11.6 Å². The summed E-state index contributed by atoms with van der Waals surface area (Å²) in [5.74, 6) is 0.726. The first-order valence-corrected chi connectivity index (χ1v) is 15.1. The smallest absolute Gasteiger partial charge is 0.216 e. The van der Waals surface area contributed by atoms with E-state index >= 15 is 0 Å². The fraction of sp³-hybridized carbons (Fsp3) is 0.0500. The lowest BCUT2D eigenvalue weighted by atomic mass is 10.2. The first-order valence-electron chi connectivity index (χ1n) is 15.1. The fourth-order valence-corrected chi connectivity index (χ4v) is 4.38. The molecule has 6 nitrogen and oxygen atoms in total. The molecule has 240 valence electrons.